The van der Waals surface area contributed by atoms with Gasteiger partial charge in [-0.3, -0.25) is 5.32 Å². The second kappa shape index (κ2) is 4.14. The van der Waals surface area contributed by atoms with E-state index in [4.69, 9.17) is 11.6 Å². The van der Waals surface area contributed by atoms with Crippen molar-refractivity contribution in [2.75, 3.05) is 12.4 Å². The molecule has 0 aliphatic rings. The summed E-state index contributed by atoms with van der Waals surface area (Å²) in [7, 11) is 1.31. The highest BCUT2D eigenvalue weighted by Gasteiger charge is 2.05. The summed E-state index contributed by atoms with van der Waals surface area (Å²) in [5, 5.41) is 3.17. The maximum Gasteiger partial charge on any atom is 0.411 e. The molecule has 1 rings (SSSR count). The molecule has 3 nitrogen and oxygen atoms in total. The van der Waals surface area contributed by atoms with Gasteiger partial charge in [-0.2, -0.15) is 0 Å². The van der Waals surface area contributed by atoms with E-state index in [9.17, 15) is 4.79 Å². The Hall–Kier alpha value is -1.22. The molecule has 70 valence electrons. The van der Waals surface area contributed by atoms with E-state index in [-0.39, 0.29) is 0 Å². The second-order valence-corrected chi connectivity index (χ2v) is 2.94. The number of hydrogen-bond donors (Lipinski definition) is 1. The van der Waals surface area contributed by atoms with Crippen LogP contribution < -0.4 is 5.32 Å². The van der Waals surface area contributed by atoms with Gasteiger partial charge in [0.25, 0.3) is 0 Å². The Bertz CT molecular complexity index is 325. The normalized spacial score (nSPS) is 9.46. The fraction of sp³-hybridized carbons (Fsp3) is 0.222. The van der Waals surface area contributed by atoms with Crippen LogP contribution in [0, 0.1) is 6.92 Å². The third kappa shape index (κ3) is 2.36. The number of hydrogen-bond acceptors (Lipinski definition) is 2. The van der Waals surface area contributed by atoms with Gasteiger partial charge in [0.1, 0.15) is 0 Å². The van der Waals surface area contributed by atoms with Gasteiger partial charge >= 0.3 is 6.09 Å². The SMILES string of the molecule is COC(=O)Nc1cccc(Cl)c1C. The fourth-order valence-corrected chi connectivity index (χ4v) is 1.08. The van der Waals surface area contributed by atoms with Crippen LogP contribution in [0.1, 0.15) is 5.56 Å². The molecular weight excluding hydrogens is 190 g/mol. The summed E-state index contributed by atoms with van der Waals surface area (Å²) in [6, 6.07) is 5.29. The molecule has 0 spiro atoms. The van der Waals surface area contributed by atoms with Crippen molar-refractivity contribution in [3.63, 3.8) is 0 Å². The minimum Gasteiger partial charge on any atom is -0.453 e. The molecule has 13 heavy (non-hydrogen) atoms. The molecule has 0 aliphatic heterocycles. The molecule has 1 aromatic rings. The Kier molecular flexibility index (Phi) is 3.14. The Labute approximate surface area is 81.7 Å². The number of ether oxygens (including phenoxy) is 1. The zero-order valence-electron chi connectivity index (χ0n) is 7.43. The van der Waals surface area contributed by atoms with E-state index in [0.717, 1.165) is 5.56 Å². The highest BCUT2D eigenvalue weighted by Crippen LogP contribution is 2.22. The maximum absolute atomic E-state index is 10.9. The van der Waals surface area contributed by atoms with Crippen LogP contribution >= 0.6 is 11.6 Å². The zero-order chi connectivity index (χ0) is 9.84. The summed E-state index contributed by atoms with van der Waals surface area (Å²) >= 11 is 5.85. The van der Waals surface area contributed by atoms with Crippen molar-refractivity contribution in [1.29, 1.82) is 0 Å². The van der Waals surface area contributed by atoms with Crippen molar-refractivity contribution < 1.29 is 9.53 Å². The Balaban J connectivity index is 2.89. The van der Waals surface area contributed by atoms with Gasteiger partial charge in [-0.1, -0.05) is 17.7 Å². The lowest BCUT2D eigenvalue weighted by molar-refractivity contribution is 0.187. The molecule has 0 atom stereocenters. The first kappa shape index (κ1) is 9.86. The van der Waals surface area contributed by atoms with Crippen LogP contribution in [0.2, 0.25) is 5.02 Å². The van der Waals surface area contributed by atoms with Gasteiger partial charge in [0.05, 0.1) is 7.11 Å². The lowest BCUT2D eigenvalue weighted by atomic mass is 10.2. The van der Waals surface area contributed by atoms with E-state index < -0.39 is 6.09 Å². The number of amides is 1. The molecule has 0 saturated carbocycles. The molecule has 0 heterocycles. The first-order valence-corrected chi connectivity index (χ1v) is 4.13. The largest absolute Gasteiger partial charge is 0.453 e. The zero-order valence-corrected chi connectivity index (χ0v) is 8.18. The number of carbonyl (C=O) groups is 1. The van der Waals surface area contributed by atoms with Crippen LogP contribution in [-0.2, 0) is 4.74 Å². The molecular formula is C9H10ClNO2. The van der Waals surface area contributed by atoms with E-state index in [1.165, 1.54) is 7.11 Å². The molecule has 4 heteroatoms. The van der Waals surface area contributed by atoms with Crippen LogP contribution in [0.3, 0.4) is 0 Å². The minimum atomic E-state index is -0.495. The van der Waals surface area contributed by atoms with Gasteiger partial charge in [-0.25, -0.2) is 4.79 Å². The average Bonchev–Trinajstić information content (AvgIpc) is 2.13. The topological polar surface area (TPSA) is 38.3 Å². The summed E-state index contributed by atoms with van der Waals surface area (Å²) in [6.07, 6.45) is -0.495. The van der Waals surface area contributed by atoms with E-state index in [1.54, 1.807) is 18.2 Å². The molecule has 1 amide bonds. The van der Waals surface area contributed by atoms with Crippen molar-refractivity contribution in [2.45, 2.75) is 6.92 Å². The third-order valence-electron chi connectivity index (χ3n) is 1.69. The van der Waals surface area contributed by atoms with Crippen molar-refractivity contribution in [2.24, 2.45) is 0 Å². The predicted molar refractivity (Wildman–Crippen MR) is 52.2 cm³/mol. The standard InChI is InChI=1S/C9H10ClNO2/c1-6-7(10)4-3-5-8(6)11-9(12)13-2/h3-5H,1-2H3,(H,11,12). The van der Waals surface area contributed by atoms with Gasteiger partial charge in [-0.15, -0.1) is 0 Å². The number of nitrogens with one attached hydrogen (secondary N) is 1. The average molecular weight is 200 g/mol. The molecule has 0 aliphatic carbocycles. The van der Waals surface area contributed by atoms with E-state index in [0.29, 0.717) is 10.7 Å². The summed E-state index contributed by atoms with van der Waals surface area (Å²) in [6.45, 7) is 1.83. The van der Waals surface area contributed by atoms with Gasteiger partial charge in [0.2, 0.25) is 0 Å². The van der Waals surface area contributed by atoms with Crippen LogP contribution in [0.5, 0.6) is 0 Å². The van der Waals surface area contributed by atoms with Crippen molar-refractivity contribution in [3.05, 3.63) is 28.8 Å². The first-order valence-electron chi connectivity index (χ1n) is 3.75. The number of anilines is 1. The molecule has 0 aromatic heterocycles. The highest BCUT2D eigenvalue weighted by atomic mass is 35.5. The maximum atomic E-state index is 10.9. The number of benzene rings is 1. The number of methoxy groups -OCH3 is 1. The number of rotatable bonds is 1. The third-order valence-corrected chi connectivity index (χ3v) is 2.10. The van der Waals surface area contributed by atoms with Crippen LogP contribution in [0.4, 0.5) is 10.5 Å². The van der Waals surface area contributed by atoms with Crippen molar-refractivity contribution in [1.82, 2.24) is 0 Å². The second-order valence-electron chi connectivity index (χ2n) is 2.53. The quantitative estimate of drug-likeness (QED) is 0.756. The van der Waals surface area contributed by atoms with Crippen LogP contribution in [0.15, 0.2) is 18.2 Å². The Morgan fingerprint density at radius 1 is 1.54 bits per heavy atom. The molecule has 0 unspecified atom stereocenters. The molecule has 0 saturated heterocycles. The van der Waals surface area contributed by atoms with Crippen molar-refractivity contribution >= 4 is 23.4 Å². The molecule has 1 N–H and O–H groups in total. The molecule has 0 bridgehead atoms. The van der Waals surface area contributed by atoms with Gasteiger partial charge in [-0.05, 0) is 24.6 Å². The molecule has 1 aromatic carbocycles. The van der Waals surface area contributed by atoms with Crippen molar-refractivity contribution in [3.8, 4) is 0 Å². The monoisotopic (exact) mass is 199 g/mol. The predicted octanol–water partition coefficient (Wildman–Crippen LogP) is 2.83. The number of halogens is 1. The smallest absolute Gasteiger partial charge is 0.411 e. The Morgan fingerprint density at radius 3 is 2.85 bits per heavy atom. The summed E-state index contributed by atoms with van der Waals surface area (Å²) in [5.41, 5.74) is 1.49. The van der Waals surface area contributed by atoms with Crippen LogP contribution in [-0.4, -0.2) is 13.2 Å². The first-order chi connectivity index (χ1) is 6.15. The fourth-order valence-electron chi connectivity index (χ4n) is 0.904. The van der Waals surface area contributed by atoms with Gasteiger partial charge in [0, 0.05) is 10.7 Å². The van der Waals surface area contributed by atoms with E-state index in [2.05, 4.69) is 10.1 Å². The van der Waals surface area contributed by atoms with Gasteiger partial charge in [0.15, 0.2) is 0 Å². The lowest BCUT2D eigenvalue weighted by Gasteiger charge is -2.07. The van der Waals surface area contributed by atoms with Gasteiger partial charge < -0.3 is 4.74 Å². The lowest BCUT2D eigenvalue weighted by Crippen LogP contribution is -2.11. The Morgan fingerprint density at radius 2 is 2.23 bits per heavy atom. The molecule has 0 fully saturated rings. The molecule has 0 radical (unpaired) electrons. The summed E-state index contributed by atoms with van der Waals surface area (Å²) in [4.78, 5) is 10.9. The van der Waals surface area contributed by atoms with Crippen LogP contribution in [0.25, 0.3) is 0 Å². The summed E-state index contributed by atoms with van der Waals surface area (Å²) < 4.78 is 4.46. The minimum absolute atomic E-state index is 0.495. The van der Waals surface area contributed by atoms with E-state index >= 15 is 0 Å². The van der Waals surface area contributed by atoms with E-state index in [1.807, 2.05) is 6.92 Å². The highest BCUT2D eigenvalue weighted by molar-refractivity contribution is 6.31. The number of carbonyl (C=O) groups excluding carboxylic acids is 1. The summed E-state index contributed by atoms with van der Waals surface area (Å²) in [5.74, 6) is 0.